The number of H-pyrrole nitrogens is 1. The number of nitrogens with one attached hydrogen (secondary N) is 2. The molecule has 0 aliphatic heterocycles. The number of hydrogen-bond donors (Lipinski definition) is 2. The number of carbonyl (C=O) groups excluding carboxylic acids is 2. The van der Waals surface area contributed by atoms with E-state index in [0.717, 1.165) is 11.1 Å². The summed E-state index contributed by atoms with van der Waals surface area (Å²) < 4.78 is 5.21. The Morgan fingerprint density at radius 1 is 1.08 bits per heavy atom. The second-order valence-corrected chi connectivity index (χ2v) is 5.78. The minimum atomic E-state index is -0.908. The second kappa shape index (κ2) is 8.11. The van der Waals surface area contributed by atoms with Crippen molar-refractivity contribution >= 4 is 11.9 Å². The van der Waals surface area contributed by atoms with Gasteiger partial charge in [-0.1, -0.05) is 60.7 Å². The van der Waals surface area contributed by atoms with Crippen LogP contribution in [0.1, 0.15) is 23.0 Å². The van der Waals surface area contributed by atoms with Crippen LogP contribution in [0.5, 0.6) is 0 Å². The number of carbonyl (C=O) groups is 2. The van der Waals surface area contributed by atoms with E-state index in [4.69, 9.17) is 4.74 Å². The van der Waals surface area contributed by atoms with Gasteiger partial charge in [0, 0.05) is 12.1 Å². The zero-order valence-corrected chi connectivity index (χ0v) is 14.3. The molecule has 132 valence electrons. The number of amides is 1. The van der Waals surface area contributed by atoms with Gasteiger partial charge in [0.05, 0.1) is 5.69 Å². The summed E-state index contributed by atoms with van der Waals surface area (Å²) in [6, 6.07) is 20.6. The molecule has 1 aromatic heterocycles. The van der Waals surface area contributed by atoms with Gasteiger partial charge in [-0.3, -0.25) is 9.89 Å². The van der Waals surface area contributed by atoms with Gasteiger partial charge < -0.3 is 10.1 Å². The Kier molecular flexibility index (Phi) is 5.43. The molecule has 0 saturated carbocycles. The highest BCUT2D eigenvalue weighted by molar-refractivity contribution is 5.91. The van der Waals surface area contributed by atoms with E-state index in [9.17, 15) is 9.59 Å². The molecular weight excluding hydrogens is 330 g/mol. The minimum Gasteiger partial charge on any atom is -0.448 e. The van der Waals surface area contributed by atoms with Gasteiger partial charge in [0.25, 0.3) is 5.91 Å². The van der Waals surface area contributed by atoms with Crippen molar-refractivity contribution < 1.29 is 14.3 Å². The number of aromatic nitrogens is 2. The van der Waals surface area contributed by atoms with E-state index in [1.807, 2.05) is 60.7 Å². The van der Waals surface area contributed by atoms with Crippen LogP contribution in [-0.4, -0.2) is 28.2 Å². The molecule has 0 aliphatic rings. The Balaban J connectivity index is 1.55. The second-order valence-electron chi connectivity index (χ2n) is 5.78. The third-order valence-electron chi connectivity index (χ3n) is 3.83. The third-order valence-corrected chi connectivity index (χ3v) is 3.83. The first-order valence-electron chi connectivity index (χ1n) is 8.27. The summed E-state index contributed by atoms with van der Waals surface area (Å²) in [5.74, 6) is -0.980. The van der Waals surface area contributed by atoms with Gasteiger partial charge in [0.15, 0.2) is 6.10 Å². The summed E-state index contributed by atoms with van der Waals surface area (Å²) in [7, 11) is 0. The number of esters is 1. The quantitative estimate of drug-likeness (QED) is 0.670. The van der Waals surface area contributed by atoms with Crippen LogP contribution < -0.4 is 5.32 Å². The van der Waals surface area contributed by atoms with E-state index in [0.29, 0.717) is 12.2 Å². The van der Waals surface area contributed by atoms with Crippen molar-refractivity contribution in [1.82, 2.24) is 15.5 Å². The smallest absolute Gasteiger partial charge is 0.357 e. The summed E-state index contributed by atoms with van der Waals surface area (Å²) in [6.45, 7) is 1.91. The highest BCUT2D eigenvalue weighted by Gasteiger charge is 2.20. The SMILES string of the molecule is CC(OC(=O)c1cc(-c2ccccc2)n[nH]1)C(=O)NCc1ccccc1. The summed E-state index contributed by atoms with van der Waals surface area (Å²) in [5.41, 5.74) is 2.70. The fourth-order valence-corrected chi connectivity index (χ4v) is 2.39. The molecule has 0 fully saturated rings. The molecule has 3 aromatic rings. The lowest BCUT2D eigenvalue weighted by Gasteiger charge is -2.12. The summed E-state index contributed by atoms with van der Waals surface area (Å²) >= 11 is 0. The molecule has 1 atom stereocenters. The average Bonchev–Trinajstić information content (AvgIpc) is 3.18. The molecule has 1 amide bonds. The third kappa shape index (κ3) is 4.36. The van der Waals surface area contributed by atoms with Crippen molar-refractivity contribution in [2.75, 3.05) is 0 Å². The molecule has 0 radical (unpaired) electrons. The number of ether oxygens (including phenoxy) is 1. The van der Waals surface area contributed by atoms with Gasteiger partial charge in [-0.05, 0) is 18.6 Å². The molecule has 26 heavy (non-hydrogen) atoms. The normalized spacial score (nSPS) is 11.6. The van der Waals surface area contributed by atoms with Crippen LogP contribution in [-0.2, 0) is 16.1 Å². The Hall–Kier alpha value is -3.41. The Morgan fingerprint density at radius 2 is 1.73 bits per heavy atom. The monoisotopic (exact) mass is 349 g/mol. The van der Waals surface area contributed by atoms with E-state index in [1.54, 1.807) is 6.07 Å². The molecule has 0 bridgehead atoms. The molecule has 1 unspecified atom stereocenters. The van der Waals surface area contributed by atoms with E-state index >= 15 is 0 Å². The number of rotatable bonds is 6. The van der Waals surface area contributed by atoms with Gasteiger partial charge in [-0.25, -0.2) is 4.79 Å². The largest absolute Gasteiger partial charge is 0.448 e. The molecular formula is C20H19N3O3. The Morgan fingerprint density at radius 3 is 2.42 bits per heavy atom. The molecule has 2 aromatic carbocycles. The number of benzene rings is 2. The highest BCUT2D eigenvalue weighted by Crippen LogP contribution is 2.17. The van der Waals surface area contributed by atoms with Crippen LogP contribution >= 0.6 is 0 Å². The van der Waals surface area contributed by atoms with Crippen LogP contribution in [0.2, 0.25) is 0 Å². The lowest BCUT2D eigenvalue weighted by Crippen LogP contribution is -2.35. The van der Waals surface area contributed by atoms with Crippen molar-refractivity contribution in [3.63, 3.8) is 0 Å². The summed E-state index contributed by atoms with van der Waals surface area (Å²) in [5, 5.41) is 9.50. The fourth-order valence-electron chi connectivity index (χ4n) is 2.39. The number of hydrogen-bond acceptors (Lipinski definition) is 4. The van der Waals surface area contributed by atoms with Crippen LogP contribution in [0.4, 0.5) is 0 Å². The molecule has 3 rings (SSSR count). The van der Waals surface area contributed by atoms with E-state index < -0.39 is 12.1 Å². The highest BCUT2D eigenvalue weighted by atomic mass is 16.5. The first-order valence-corrected chi connectivity index (χ1v) is 8.27. The lowest BCUT2D eigenvalue weighted by molar-refractivity contribution is -0.129. The van der Waals surface area contributed by atoms with Crippen LogP contribution in [0.15, 0.2) is 66.7 Å². The van der Waals surface area contributed by atoms with Gasteiger partial charge >= 0.3 is 5.97 Å². The van der Waals surface area contributed by atoms with Crippen LogP contribution in [0.3, 0.4) is 0 Å². The maximum atomic E-state index is 12.2. The van der Waals surface area contributed by atoms with Gasteiger partial charge in [0.1, 0.15) is 5.69 Å². The molecule has 6 heteroatoms. The van der Waals surface area contributed by atoms with Gasteiger partial charge in [0.2, 0.25) is 0 Å². The lowest BCUT2D eigenvalue weighted by atomic mass is 10.1. The topological polar surface area (TPSA) is 84.1 Å². The predicted octanol–water partition coefficient (Wildman–Crippen LogP) is 2.94. The maximum absolute atomic E-state index is 12.2. The molecule has 2 N–H and O–H groups in total. The van der Waals surface area contributed by atoms with Crippen LogP contribution in [0.25, 0.3) is 11.3 Å². The molecule has 0 spiro atoms. The first-order chi connectivity index (χ1) is 12.6. The van der Waals surface area contributed by atoms with Gasteiger partial charge in [-0.15, -0.1) is 0 Å². The van der Waals surface area contributed by atoms with Crippen molar-refractivity contribution in [2.45, 2.75) is 19.6 Å². The minimum absolute atomic E-state index is 0.201. The summed E-state index contributed by atoms with van der Waals surface area (Å²) in [4.78, 5) is 24.3. The van der Waals surface area contributed by atoms with Gasteiger partial charge in [-0.2, -0.15) is 5.10 Å². The maximum Gasteiger partial charge on any atom is 0.357 e. The first kappa shape index (κ1) is 17.4. The van der Waals surface area contributed by atoms with Crippen molar-refractivity contribution in [3.8, 4) is 11.3 Å². The molecule has 0 aliphatic carbocycles. The van der Waals surface area contributed by atoms with E-state index in [1.165, 1.54) is 6.92 Å². The Labute approximate surface area is 151 Å². The zero-order chi connectivity index (χ0) is 18.4. The molecule has 0 saturated heterocycles. The number of nitrogens with zero attached hydrogens (tertiary/aromatic N) is 1. The molecule has 6 nitrogen and oxygen atoms in total. The standard InChI is InChI=1S/C20H19N3O3/c1-14(19(24)21-13-15-8-4-2-5-9-15)26-20(25)18-12-17(22-23-18)16-10-6-3-7-11-16/h2-12,14H,13H2,1H3,(H,21,24)(H,22,23). The Bertz CT molecular complexity index is 876. The van der Waals surface area contributed by atoms with E-state index in [-0.39, 0.29) is 11.6 Å². The predicted molar refractivity (Wildman–Crippen MR) is 97.2 cm³/mol. The van der Waals surface area contributed by atoms with E-state index in [2.05, 4.69) is 15.5 Å². The van der Waals surface area contributed by atoms with Crippen molar-refractivity contribution in [2.24, 2.45) is 0 Å². The molecule has 1 heterocycles. The number of aromatic amines is 1. The zero-order valence-electron chi connectivity index (χ0n) is 14.3. The average molecular weight is 349 g/mol. The van der Waals surface area contributed by atoms with Crippen molar-refractivity contribution in [3.05, 3.63) is 78.0 Å². The summed E-state index contributed by atoms with van der Waals surface area (Å²) in [6.07, 6.45) is -0.908. The van der Waals surface area contributed by atoms with Crippen LogP contribution in [0, 0.1) is 0 Å². The van der Waals surface area contributed by atoms with Crippen molar-refractivity contribution in [1.29, 1.82) is 0 Å². The fraction of sp³-hybridized carbons (Fsp3) is 0.150.